The molecule has 0 saturated heterocycles. The number of nitrogens with zero attached hydrogens (tertiary/aromatic N) is 1. The van der Waals surface area contributed by atoms with Crippen LogP contribution in [0.25, 0.3) is 6.08 Å². The summed E-state index contributed by atoms with van der Waals surface area (Å²) in [5.41, 5.74) is 1.19. The summed E-state index contributed by atoms with van der Waals surface area (Å²) in [6.07, 6.45) is 5.67. The third-order valence-electron chi connectivity index (χ3n) is 3.83. The van der Waals surface area contributed by atoms with Gasteiger partial charge in [0.15, 0.2) is 0 Å². The molecular weight excluding hydrogens is 273 g/mol. The van der Waals surface area contributed by atoms with E-state index in [1.807, 2.05) is 0 Å². The third kappa shape index (κ3) is 4.37. The zero-order valence-electron chi connectivity index (χ0n) is 11.8. The maximum atomic E-state index is 13.6. The van der Waals surface area contributed by atoms with Gasteiger partial charge < -0.3 is 10.2 Å². The highest BCUT2D eigenvalue weighted by atomic mass is 19.1. The summed E-state index contributed by atoms with van der Waals surface area (Å²) < 4.78 is 13.6. The number of rotatable bonds is 7. The second-order valence-electron chi connectivity index (χ2n) is 5.31. The van der Waals surface area contributed by atoms with Crippen LogP contribution in [0.4, 0.5) is 4.39 Å². The van der Waals surface area contributed by atoms with Gasteiger partial charge in [-0.15, -0.1) is 0 Å². The quantitative estimate of drug-likeness (QED) is 0.757. The molecule has 2 rings (SSSR count). The fourth-order valence-corrected chi connectivity index (χ4v) is 2.49. The van der Waals surface area contributed by atoms with Crippen molar-refractivity contribution in [2.45, 2.75) is 31.8 Å². The molecule has 0 spiro atoms. The van der Waals surface area contributed by atoms with Crippen LogP contribution in [-0.2, 0) is 11.3 Å². The lowest BCUT2D eigenvalue weighted by atomic mass is 9.91. The van der Waals surface area contributed by atoms with Crippen molar-refractivity contribution in [3.05, 3.63) is 41.2 Å². The number of hydrogen-bond acceptors (Lipinski definition) is 3. The van der Waals surface area contributed by atoms with E-state index < -0.39 is 11.8 Å². The molecule has 5 heteroatoms. The zero-order chi connectivity index (χ0) is 15.2. The van der Waals surface area contributed by atoms with Gasteiger partial charge in [0.25, 0.3) is 0 Å². The van der Waals surface area contributed by atoms with Gasteiger partial charge in [0.1, 0.15) is 5.82 Å². The molecule has 1 saturated carbocycles. The number of carboxylic acid groups (broad SMARTS) is 1. The first-order valence-electron chi connectivity index (χ1n) is 7.14. The standard InChI is InChI=1S/C16H20FNO3/c17-15-6-4-12(10-13(15)5-7-16(20)21)11-18(8-9-19)14-2-1-3-14/h4-7,10,14,19H,1-3,8-9,11H2,(H,20,21)/b7-5+. The third-order valence-corrected chi connectivity index (χ3v) is 3.83. The van der Waals surface area contributed by atoms with Crippen molar-refractivity contribution < 1.29 is 19.4 Å². The maximum absolute atomic E-state index is 13.6. The molecule has 0 amide bonds. The van der Waals surface area contributed by atoms with Crippen molar-refractivity contribution in [2.75, 3.05) is 13.2 Å². The minimum atomic E-state index is -1.10. The normalized spacial score (nSPS) is 15.6. The van der Waals surface area contributed by atoms with Crippen molar-refractivity contribution in [3.8, 4) is 0 Å². The van der Waals surface area contributed by atoms with E-state index in [-0.39, 0.29) is 12.2 Å². The molecule has 0 aromatic heterocycles. The molecule has 1 aliphatic rings. The van der Waals surface area contributed by atoms with Gasteiger partial charge >= 0.3 is 5.97 Å². The minimum Gasteiger partial charge on any atom is -0.478 e. The SMILES string of the molecule is O=C(O)/C=C/c1cc(CN(CCO)C2CCC2)ccc1F. The van der Waals surface area contributed by atoms with Crippen LogP contribution in [0.5, 0.6) is 0 Å². The summed E-state index contributed by atoms with van der Waals surface area (Å²) in [6.45, 7) is 1.34. The first-order valence-corrected chi connectivity index (χ1v) is 7.14. The fraction of sp³-hybridized carbons (Fsp3) is 0.438. The minimum absolute atomic E-state index is 0.101. The van der Waals surface area contributed by atoms with Gasteiger partial charge in [0, 0.05) is 30.8 Å². The van der Waals surface area contributed by atoms with Gasteiger partial charge in [0.2, 0.25) is 0 Å². The fourth-order valence-electron chi connectivity index (χ4n) is 2.49. The average molecular weight is 293 g/mol. The van der Waals surface area contributed by atoms with E-state index >= 15 is 0 Å². The van der Waals surface area contributed by atoms with Crippen LogP contribution in [0.3, 0.4) is 0 Å². The van der Waals surface area contributed by atoms with Crippen LogP contribution in [0.2, 0.25) is 0 Å². The number of carbonyl (C=O) groups is 1. The molecule has 0 heterocycles. The summed E-state index contributed by atoms with van der Waals surface area (Å²) >= 11 is 0. The molecule has 1 aromatic rings. The van der Waals surface area contributed by atoms with Gasteiger partial charge in [-0.05, 0) is 36.6 Å². The molecule has 114 valence electrons. The van der Waals surface area contributed by atoms with Crippen LogP contribution in [0.15, 0.2) is 24.3 Å². The van der Waals surface area contributed by atoms with Gasteiger partial charge in [0.05, 0.1) is 6.61 Å². The van der Waals surface area contributed by atoms with Gasteiger partial charge in [-0.2, -0.15) is 0 Å². The Bertz CT molecular complexity index is 526. The Morgan fingerprint density at radius 2 is 2.19 bits per heavy atom. The number of halogens is 1. The smallest absolute Gasteiger partial charge is 0.328 e. The van der Waals surface area contributed by atoms with Crippen LogP contribution >= 0.6 is 0 Å². The predicted octanol–water partition coefficient (Wildman–Crippen LogP) is 2.27. The second-order valence-corrected chi connectivity index (χ2v) is 5.31. The van der Waals surface area contributed by atoms with E-state index in [1.165, 1.54) is 18.6 Å². The molecule has 0 unspecified atom stereocenters. The lowest BCUT2D eigenvalue weighted by Gasteiger charge is -2.37. The summed E-state index contributed by atoms with van der Waals surface area (Å²) in [5.74, 6) is -1.54. The number of carboxylic acids is 1. The molecule has 1 fully saturated rings. The molecule has 1 aromatic carbocycles. The number of aliphatic carboxylic acids is 1. The topological polar surface area (TPSA) is 60.8 Å². The number of aliphatic hydroxyl groups is 1. The van der Waals surface area contributed by atoms with E-state index in [0.29, 0.717) is 19.1 Å². The first kappa shape index (κ1) is 15.7. The predicted molar refractivity (Wildman–Crippen MR) is 78.2 cm³/mol. The molecular formula is C16H20FNO3. The molecule has 0 bridgehead atoms. The molecule has 0 aliphatic heterocycles. The Balaban J connectivity index is 2.11. The molecule has 0 radical (unpaired) electrons. The van der Waals surface area contributed by atoms with Crippen molar-refractivity contribution in [3.63, 3.8) is 0 Å². The van der Waals surface area contributed by atoms with E-state index in [1.54, 1.807) is 12.1 Å². The Hall–Kier alpha value is -1.72. The lowest BCUT2D eigenvalue weighted by molar-refractivity contribution is -0.131. The summed E-state index contributed by atoms with van der Waals surface area (Å²) in [7, 11) is 0. The number of benzene rings is 1. The van der Waals surface area contributed by atoms with E-state index in [4.69, 9.17) is 10.2 Å². The van der Waals surface area contributed by atoms with E-state index in [9.17, 15) is 9.18 Å². The molecule has 0 atom stereocenters. The Morgan fingerprint density at radius 3 is 2.76 bits per heavy atom. The monoisotopic (exact) mass is 293 g/mol. The largest absolute Gasteiger partial charge is 0.478 e. The maximum Gasteiger partial charge on any atom is 0.328 e. The van der Waals surface area contributed by atoms with E-state index in [0.717, 1.165) is 24.5 Å². The summed E-state index contributed by atoms with van der Waals surface area (Å²) in [4.78, 5) is 12.7. The van der Waals surface area contributed by atoms with Crippen LogP contribution < -0.4 is 0 Å². The van der Waals surface area contributed by atoms with Crippen LogP contribution in [0.1, 0.15) is 30.4 Å². The first-order chi connectivity index (χ1) is 10.1. The Kier molecular flexibility index (Phi) is 5.47. The van der Waals surface area contributed by atoms with Gasteiger partial charge in [-0.1, -0.05) is 12.5 Å². The van der Waals surface area contributed by atoms with E-state index in [2.05, 4.69) is 4.90 Å². The van der Waals surface area contributed by atoms with Crippen LogP contribution in [-0.4, -0.2) is 40.3 Å². The lowest BCUT2D eigenvalue weighted by Crippen LogP contribution is -2.41. The van der Waals surface area contributed by atoms with Crippen molar-refractivity contribution in [2.24, 2.45) is 0 Å². The number of aliphatic hydroxyl groups excluding tert-OH is 1. The second kappa shape index (κ2) is 7.33. The molecule has 4 nitrogen and oxygen atoms in total. The molecule has 21 heavy (non-hydrogen) atoms. The van der Waals surface area contributed by atoms with Gasteiger partial charge in [-0.25, -0.2) is 9.18 Å². The Morgan fingerprint density at radius 1 is 1.43 bits per heavy atom. The molecule has 1 aliphatic carbocycles. The summed E-state index contributed by atoms with van der Waals surface area (Å²) in [5, 5.41) is 17.8. The zero-order valence-corrected chi connectivity index (χ0v) is 11.8. The summed E-state index contributed by atoms with van der Waals surface area (Å²) in [6, 6.07) is 5.21. The molecule has 2 N–H and O–H groups in total. The van der Waals surface area contributed by atoms with Crippen LogP contribution in [0, 0.1) is 5.82 Å². The average Bonchev–Trinajstić information content (AvgIpc) is 2.37. The van der Waals surface area contributed by atoms with Crippen molar-refractivity contribution >= 4 is 12.0 Å². The highest BCUT2D eigenvalue weighted by molar-refractivity contribution is 5.85. The number of hydrogen-bond donors (Lipinski definition) is 2. The van der Waals surface area contributed by atoms with Crippen molar-refractivity contribution in [1.82, 2.24) is 4.90 Å². The van der Waals surface area contributed by atoms with Crippen molar-refractivity contribution in [1.29, 1.82) is 0 Å². The Labute approximate surface area is 123 Å². The highest BCUT2D eigenvalue weighted by Gasteiger charge is 2.24. The highest BCUT2D eigenvalue weighted by Crippen LogP contribution is 2.26. The van der Waals surface area contributed by atoms with Gasteiger partial charge in [-0.3, -0.25) is 4.90 Å².